The van der Waals surface area contributed by atoms with Crippen LogP contribution in [0.5, 0.6) is 5.75 Å². The first-order valence-corrected chi connectivity index (χ1v) is 10.4. The smallest absolute Gasteiger partial charge is 0.258 e. The number of carbonyl (C=O) groups is 2. The molecular weight excluding hydrogens is 376 g/mol. The molecule has 0 radical (unpaired) electrons. The SMILES string of the molecule is CCC(CC)NC(=O)COc1cc2ccccc2cc1C(=O)NCc1ccccc1. The van der Waals surface area contributed by atoms with Gasteiger partial charge in [-0.2, -0.15) is 0 Å². The molecule has 0 spiro atoms. The Morgan fingerprint density at radius 2 is 1.53 bits per heavy atom. The molecule has 0 aliphatic heterocycles. The van der Waals surface area contributed by atoms with Crippen molar-refractivity contribution in [3.8, 4) is 5.75 Å². The maximum Gasteiger partial charge on any atom is 0.258 e. The van der Waals surface area contributed by atoms with Gasteiger partial charge in [-0.15, -0.1) is 0 Å². The van der Waals surface area contributed by atoms with Gasteiger partial charge in [0.05, 0.1) is 5.56 Å². The summed E-state index contributed by atoms with van der Waals surface area (Å²) < 4.78 is 5.80. The quantitative estimate of drug-likeness (QED) is 0.554. The van der Waals surface area contributed by atoms with E-state index in [1.807, 2.05) is 80.6 Å². The molecule has 5 heteroatoms. The van der Waals surface area contributed by atoms with Crippen molar-refractivity contribution in [2.45, 2.75) is 39.3 Å². The topological polar surface area (TPSA) is 67.4 Å². The highest BCUT2D eigenvalue weighted by atomic mass is 16.5. The van der Waals surface area contributed by atoms with Gasteiger partial charge in [-0.25, -0.2) is 0 Å². The summed E-state index contributed by atoms with van der Waals surface area (Å²) in [5, 5.41) is 7.79. The minimum absolute atomic E-state index is 0.131. The minimum Gasteiger partial charge on any atom is -0.483 e. The van der Waals surface area contributed by atoms with E-state index in [2.05, 4.69) is 10.6 Å². The van der Waals surface area contributed by atoms with Crippen molar-refractivity contribution in [3.05, 3.63) is 77.9 Å². The molecule has 0 atom stereocenters. The molecule has 0 fully saturated rings. The van der Waals surface area contributed by atoms with Gasteiger partial charge >= 0.3 is 0 Å². The molecule has 156 valence electrons. The van der Waals surface area contributed by atoms with E-state index >= 15 is 0 Å². The lowest BCUT2D eigenvalue weighted by Gasteiger charge is -2.16. The lowest BCUT2D eigenvalue weighted by molar-refractivity contribution is -0.123. The minimum atomic E-state index is -0.236. The number of fused-ring (bicyclic) bond motifs is 1. The van der Waals surface area contributed by atoms with Gasteiger partial charge in [0, 0.05) is 12.6 Å². The number of benzene rings is 3. The van der Waals surface area contributed by atoms with Crippen molar-refractivity contribution in [1.29, 1.82) is 0 Å². The van der Waals surface area contributed by atoms with Crippen LogP contribution in [-0.4, -0.2) is 24.5 Å². The maximum absolute atomic E-state index is 12.9. The fourth-order valence-corrected chi connectivity index (χ4v) is 3.30. The number of nitrogens with one attached hydrogen (secondary N) is 2. The summed E-state index contributed by atoms with van der Waals surface area (Å²) in [5.74, 6) is -0.0218. The van der Waals surface area contributed by atoms with Crippen LogP contribution >= 0.6 is 0 Å². The van der Waals surface area contributed by atoms with E-state index < -0.39 is 0 Å². The normalized spacial score (nSPS) is 10.8. The van der Waals surface area contributed by atoms with Crippen molar-refractivity contribution in [2.24, 2.45) is 0 Å². The molecule has 0 aliphatic rings. The molecule has 0 saturated heterocycles. The molecule has 30 heavy (non-hydrogen) atoms. The van der Waals surface area contributed by atoms with Crippen molar-refractivity contribution in [1.82, 2.24) is 10.6 Å². The second kappa shape index (κ2) is 10.4. The predicted octanol–water partition coefficient (Wildman–Crippen LogP) is 4.45. The van der Waals surface area contributed by atoms with E-state index in [9.17, 15) is 9.59 Å². The summed E-state index contributed by atoms with van der Waals surface area (Å²) in [7, 11) is 0. The first-order valence-electron chi connectivity index (χ1n) is 10.4. The number of rotatable bonds is 9. The van der Waals surface area contributed by atoms with E-state index in [-0.39, 0.29) is 24.5 Å². The van der Waals surface area contributed by atoms with Gasteiger partial charge in [0.15, 0.2) is 6.61 Å². The van der Waals surface area contributed by atoms with Crippen LogP contribution in [-0.2, 0) is 11.3 Å². The van der Waals surface area contributed by atoms with Crippen LogP contribution in [0.3, 0.4) is 0 Å². The van der Waals surface area contributed by atoms with Crippen molar-refractivity contribution < 1.29 is 14.3 Å². The summed E-state index contributed by atoms with van der Waals surface area (Å²) in [6.07, 6.45) is 1.73. The van der Waals surface area contributed by atoms with Crippen molar-refractivity contribution >= 4 is 22.6 Å². The third-order valence-electron chi connectivity index (χ3n) is 5.10. The van der Waals surface area contributed by atoms with Crippen LogP contribution in [0.4, 0.5) is 0 Å². The van der Waals surface area contributed by atoms with Gasteiger partial charge < -0.3 is 15.4 Å². The lowest BCUT2D eigenvalue weighted by Crippen LogP contribution is -2.37. The summed E-state index contributed by atoms with van der Waals surface area (Å²) in [4.78, 5) is 25.2. The maximum atomic E-state index is 12.9. The third-order valence-corrected chi connectivity index (χ3v) is 5.10. The highest BCUT2D eigenvalue weighted by Crippen LogP contribution is 2.26. The van der Waals surface area contributed by atoms with Crippen molar-refractivity contribution in [3.63, 3.8) is 0 Å². The van der Waals surface area contributed by atoms with Gasteiger partial charge in [-0.1, -0.05) is 68.4 Å². The van der Waals surface area contributed by atoms with E-state index in [4.69, 9.17) is 4.74 Å². The Morgan fingerprint density at radius 3 is 2.20 bits per heavy atom. The molecule has 0 aromatic heterocycles. The van der Waals surface area contributed by atoms with Crippen LogP contribution in [0.15, 0.2) is 66.7 Å². The highest BCUT2D eigenvalue weighted by molar-refractivity contribution is 6.01. The number of hydrogen-bond acceptors (Lipinski definition) is 3. The molecule has 0 unspecified atom stereocenters. The van der Waals surface area contributed by atoms with Crippen LogP contribution in [0, 0.1) is 0 Å². The monoisotopic (exact) mass is 404 g/mol. The predicted molar refractivity (Wildman–Crippen MR) is 120 cm³/mol. The van der Waals surface area contributed by atoms with E-state index in [1.165, 1.54) is 0 Å². The fraction of sp³-hybridized carbons (Fsp3) is 0.280. The molecular formula is C25H28N2O3. The van der Waals surface area contributed by atoms with Gasteiger partial charge in [-0.3, -0.25) is 9.59 Å². The largest absolute Gasteiger partial charge is 0.483 e. The molecule has 0 saturated carbocycles. The molecule has 2 N–H and O–H groups in total. The zero-order valence-corrected chi connectivity index (χ0v) is 17.5. The summed E-state index contributed by atoms with van der Waals surface area (Å²) in [6.45, 7) is 4.36. The Morgan fingerprint density at radius 1 is 0.900 bits per heavy atom. The standard InChI is InChI=1S/C25H28N2O3/c1-3-21(4-2)27-24(28)17-30-23-15-20-13-9-8-12-19(20)14-22(23)25(29)26-16-18-10-6-5-7-11-18/h5-15,21H,3-4,16-17H2,1-2H3,(H,26,29)(H,27,28). The Bertz CT molecular complexity index is 998. The Labute approximate surface area is 177 Å². The molecule has 5 nitrogen and oxygen atoms in total. The number of ether oxygens (including phenoxy) is 1. The van der Waals surface area contributed by atoms with Crippen LogP contribution in [0.25, 0.3) is 10.8 Å². The van der Waals surface area contributed by atoms with Crippen LogP contribution in [0.1, 0.15) is 42.6 Å². The van der Waals surface area contributed by atoms with E-state index in [1.54, 1.807) is 0 Å². The highest BCUT2D eigenvalue weighted by Gasteiger charge is 2.16. The van der Waals surface area contributed by atoms with Gasteiger partial charge in [0.25, 0.3) is 11.8 Å². The molecule has 0 heterocycles. The van der Waals surface area contributed by atoms with Gasteiger partial charge in [-0.05, 0) is 41.3 Å². The first kappa shape index (κ1) is 21.4. The Hall–Kier alpha value is -3.34. The second-order valence-corrected chi connectivity index (χ2v) is 7.23. The zero-order chi connectivity index (χ0) is 21.3. The summed E-state index contributed by atoms with van der Waals surface area (Å²) in [5.41, 5.74) is 1.43. The summed E-state index contributed by atoms with van der Waals surface area (Å²) in [6, 6.07) is 21.2. The first-order chi connectivity index (χ1) is 14.6. The summed E-state index contributed by atoms with van der Waals surface area (Å²) >= 11 is 0. The van der Waals surface area contributed by atoms with E-state index in [0.29, 0.717) is 17.9 Å². The average Bonchev–Trinajstić information content (AvgIpc) is 2.79. The Kier molecular flexibility index (Phi) is 7.44. The molecule has 0 bridgehead atoms. The van der Waals surface area contributed by atoms with E-state index in [0.717, 1.165) is 29.2 Å². The third kappa shape index (κ3) is 5.60. The number of hydrogen-bond donors (Lipinski definition) is 2. The van der Waals surface area contributed by atoms with Crippen molar-refractivity contribution in [2.75, 3.05) is 6.61 Å². The van der Waals surface area contributed by atoms with Gasteiger partial charge in [0.2, 0.25) is 0 Å². The van der Waals surface area contributed by atoms with Crippen LogP contribution < -0.4 is 15.4 Å². The second-order valence-electron chi connectivity index (χ2n) is 7.23. The molecule has 3 aromatic rings. The van der Waals surface area contributed by atoms with Crippen LogP contribution in [0.2, 0.25) is 0 Å². The average molecular weight is 405 g/mol. The fourth-order valence-electron chi connectivity index (χ4n) is 3.30. The number of carbonyl (C=O) groups excluding carboxylic acids is 2. The van der Waals surface area contributed by atoms with Gasteiger partial charge in [0.1, 0.15) is 5.75 Å². The number of amides is 2. The molecule has 3 aromatic carbocycles. The molecule has 2 amide bonds. The zero-order valence-electron chi connectivity index (χ0n) is 17.5. The molecule has 0 aliphatic carbocycles. The molecule has 3 rings (SSSR count). The lowest BCUT2D eigenvalue weighted by atomic mass is 10.1. The Balaban J connectivity index is 1.77.